The van der Waals surface area contributed by atoms with Crippen molar-refractivity contribution in [3.63, 3.8) is 0 Å². The lowest BCUT2D eigenvalue weighted by molar-refractivity contribution is -0.197. The van der Waals surface area contributed by atoms with Gasteiger partial charge in [-0.1, -0.05) is 11.6 Å². The number of carbonyl (C=O) groups is 2. The molecule has 1 aliphatic heterocycles. The second-order valence-electron chi connectivity index (χ2n) is 3.51. The topological polar surface area (TPSA) is 43.4 Å². The third-order valence-corrected chi connectivity index (χ3v) is 2.71. The van der Waals surface area contributed by atoms with Crippen LogP contribution in [0.2, 0.25) is 0 Å². The molecule has 2 aliphatic rings. The number of hydrogen-bond acceptors (Lipinski definition) is 3. The second kappa shape index (κ2) is 2.19. The molecule has 3 nitrogen and oxygen atoms in total. The molecule has 0 bridgehead atoms. The van der Waals surface area contributed by atoms with E-state index in [0.29, 0.717) is 12.8 Å². The highest BCUT2D eigenvalue weighted by Crippen LogP contribution is 2.43. The predicted octanol–water partition coefficient (Wildman–Crippen LogP) is 1.19. The Labute approximate surface area is 70.4 Å². The molecule has 0 N–H and O–H groups in total. The van der Waals surface area contributed by atoms with Gasteiger partial charge in [0.1, 0.15) is 0 Å². The van der Waals surface area contributed by atoms with Gasteiger partial charge >= 0.3 is 11.9 Å². The lowest BCUT2D eigenvalue weighted by atomic mass is 9.72. The smallest absolute Gasteiger partial charge is 0.331 e. The van der Waals surface area contributed by atoms with Gasteiger partial charge in [0.15, 0.2) is 5.41 Å². The van der Waals surface area contributed by atoms with E-state index in [-0.39, 0.29) is 11.9 Å². The summed E-state index contributed by atoms with van der Waals surface area (Å²) in [5.41, 5.74) is 0.479. The first-order valence-electron chi connectivity index (χ1n) is 4.07. The van der Waals surface area contributed by atoms with Gasteiger partial charge < -0.3 is 4.74 Å². The van der Waals surface area contributed by atoms with E-state index in [1.807, 2.05) is 13.0 Å². The van der Waals surface area contributed by atoms with Gasteiger partial charge in [0.2, 0.25) is 0 Å². The van der Waals surface area contributed by atoms with Crippen molar-refractivity contribution in [2.75, 3.05) is 0 Å². The lowest BCUT2D eigenvalue weighted by Gasteiger charge is -2.37. The molecule has 1 heterocycles. The van der Waals surface area contributed by atoms with Crippen molar-refractivity contribution < 1.29 is 14.3 Å². The largest absolute Gasteiger partial charge is 0.391 e. The van der Waals surface area contributed by atoms with Gasteiger partial charge in [0, 0.05) is 0 Å². The van der Waals surface area contributed by atoms with E-state index in [0.717, 1.165) is 6.42 Å². The Morgan fingerprint density at radius 2 is 2.08 bits per heavy atom. The van der Waals surface area contributed by atoms with Gasteiger partial charge in [-0.15, -0.1) is 0 Å². The van der Waals surface area contributed by atoms with E-state index >= 15 is 0 Å². The number of carbonyl (C=O) groups excluding carboxylic acids is 2. The van der Waals surface area contributed by atoms with Gasteiger partial charge in [0.05, 0.1) is 0 Å². The summed E-state index contributed by atoms with van der Waals surface area (Å²) in [6.45, 7) is 2.02. The van der Waals surface area contributed by atoms with Crippen LogP contribution in [0.5, 0.6) is 0 Å². The number of ether oxygens (including phenoxy) is 1. The van der Waals surface area contributed by atoms with Gasteiger partial charge in [-0.2, -0.15) is 0 Å². The molecule has 0 saturated carbocycles. The van der Waals surface area contributed by atoms with Crippen molar-refractivity contribution in [2.45, 2.75) is 26.2 Å². The normalized spacial score (nSPS) is 26.2. The van der Waals surface area contributed by atoms with Crippen LogP contribution in [0.4, 0.5) is 0 Å². The lowest BCUT2D eigenvalue weighted by Crippen LogP contribution is -2.53. The van der Waals surface area contributed by atoms with Crippen LogP contribution in [0, 0.1) is 5.41 Å². The summed E-state index contributed by atoms with van der Waals surface area (Å²) in [6, 6.07) is 0. The molecule has 0 unspecified atom stereocenters. The highest BCUT2D eigenvalue weighted by atomic mass is 16.6. The van der Waals surface area contributed by atoms with Crippen LogP contribution < -0.4 is 0 Å². The zero-order chi connectivity index (χ0) is 8.77. The Hall–Kier alpha value is -1.12. The Morgan fingerprint density at radius 1 is 1.42 bits per heavy atom. The van der Waals surface area contributed by atoms with Crippen LogP contribution in [-0.2, 0) is 14.3 Å². The number of rotatable bonds is 0. The quantitative estimate of drug-likeness (QED) is 0.308. The van der Waals surface area contributed by atoms with Crippen molar-refractivity contribution in [3.05, 3.63) is 11.6 Å². The summed E-state index contributed by atoms with van der Waals surface area (Å²) < 4.78 is 4.36. The molecule has 1 saturated heterocycles. The zero-order valence-corrected chi connectivity index (χ0v) is 6.92. The summed E-state index contributed by atoms with van der Waals surface area (Å²) in [5, 5.41) is 0. The Kier molecular flexibility index (Phi) is 1.37. The average molecular weight is 166 g/mol. The Balaban J connectivity index is 2.24. The molecular formula is C9H10O3. The summed E-state index contributed by atoms with van der Waals surface area (Å²) in [7, 11) is 0. The van der Waals surface area contributed by atoms with Crippen molar-refractivity contribution >= 4 is 11.9 Å². The highest BCUT2D eigenvalue weighted by Gasteiger charge is 2.58. The molecule has 0 aromatic carbocycles. The minimum Gasteiger partial charge on any atom is -0.391 e. The fourth-order valence-corrected chi connectivity index (χ4v) is 1.65. The number of esters is 2. The van der Waals surface area contributed by atoms with E-state index in [2.05, 4.69) is 4.74 Å². The number of cyclic esters (lactones) is 2. The maximum absolute atomic E-state index is 11.1. The number of allylic oxidation sites excluding steroid dienone is 2. The highest BCUT2D eigenvalue weighted by molar-refractivity contribution is 6.14. The third kappa shape index (κ3) is 0.763. The van der Waals surface area contributed by atoms with Crippen molar-refractivity contribution in [2.24, 2.45) is 5.41 Å². The molecule has 12 heavy (non-hydrogen) atoms. The van der Waals surface area contributed by atoms with Crippen LogP contribution in [0.3, 0.4) is 0 Å². The maximum atomic E-state index is 11.1. The molecule has 0 radical (unpaired) electrons. The molecule has 0 aromatic rings. The summed E-state index contributed by atoms with van der Waals surface area (Å²) >= 11 is 0. The molecule has 1 aliphatic carbocycles. The van der Waals surface area contributed by atoms with Crippen LogP contribution >= 0.6 is 0 Å². The van der Waals surface area contributed by atoms with Crippen molar-refractivity contribution in [3.8, 4) is 0 Å². The van der Waals surface area contributed by atoms with Gasteiger partial charge in [-0.3, -0.25) is 9.59 Å². The maximum Gasteiger partial charge on any atom is 0.331 e. The molecular weight excluding hydrogens is 156 g/mol. The summed E-state index contributed by atoms with van der Waals surface area (Å²) in [6.07, 6.45) is 3.96. The molecule has 2 rings (SSSR count). The first-order valence-corrected chi connectivity index (χ1v) is 4.07. The predicted molar refractivity (Wildman–Crippen MR) is 41.1 cm³/mol. The summed E-state index contributed by atoms with van der Waals surface area (Å²) in [5.74, 6) is -0.674. The van der Waals surface area contributed by atoms with Crippen LogP contribution in [0.15, 0.2) is 11.6 Å². The Bertz CT molecular complexity index is 274. The first kappa shape index (κ1) is 7.53. The SMILES string of the molecule is CC1=CCC2(CC1)C(=O)OC2=O. The first-order chi connectivity index (χ1) is 5.65. The zero-order valence-electron chi connectivity index (χ0n) is 6.92. The van der Waals surface area contributed by atoms with E-state index in [4.69, 9.17) is 0 Å². The molecule has 0 aromatic heterocycles. The van der Waals surface area contributed by atoms with Crippen LogP contribution in [-0.4, -0.2) is 11.9 Å². The molecule has 0 atom stereocenters. The average Bonchev–Trinajstić information content (AvgIpc) is 2.06. The van der Waals surface area contributed by atoms with Gasteiger partial charge in [-0.05, 0) is 26.2 Å². The van der Waals surface area contributed by atoms with E-state index in [9.17, 15) is 9.59 Å². The second-order valence-corrected chi connectivity index (χ2v) is 3.51. The van der Waals surface area contributed by atoms with Gasteiger partial charge in [0.25, 0.3) is 0 Å². The number of hydrogen-bond donors (Lipinski definition) is 0. The molecule has 1 spiro atoms. The fourth-order valence-electron chi connectivity index (χ4n) is 1.65. The van der Waals surface area contributed by atoms with E-state index in [1.165, 1.54) is 5.57 Å². The van der Waals surface area contributed by atoms with E-state index < -0.39 is 5.41 Å². The molecule has 64 valence electrons. The van der Waals surface area contributed by atoms with E-state index in [1.54, 1.807) is 0 Å². The van der Waals surface area contributed by atoms with Crippen molar-refractivity contribution in [1.29, 1.82) is 0 Å². The Morgan fingerprint density at radius 3 is 2.50 bits per heavy atom. The summed E-state index contributed by atoms with van der Waals surface area (Å²) in [4.78, 5) is 22.1. The third-order valence-electron chi connectivity index (χ3n) is 2.71. The van der Waals surface area contributed by atoms with Crippen LogP contribution in [0.25, 0.3) is 0 Å². The van der Waals surface area contributed by atoms with Crippen LogP contribution in [0.1, 0.15) is 26.2 Å². The minimum atomic E-state index is -0.778. The van der Waals surface area contributed by atoms with Crippen molar-refractivity contribution in [1.82, 2.24) is 0 Å². The minimum absolute atomic E-state index is 0.337. The fraction of sp³-hybridized carbons (Fsp3) is 0.556. The molecule has 1 fully saturated rings. The molecule has 3 heteroatoms. The standard InChI is InChI=1S/C9H10O3/c1-6-2-4-9(5-3-6)7(10)12-8(9)11/h2H,3-5H2,1H3. The molecule has 0 amide bonds. The monoisotopic (exact) mass is 166 g/mol. The van der Waals surface area contributed by atoms with Gasteiger partial charge in [-0.25, -0.2) is 0 Å².